The number of nitrogens with one attached hydrogen (secondary N) is 1. The van der Waals surface area contributed by atoms with E-state index in [9.17, 15) is 18.0 Å². The lowest BCUT2D eigenvalue weighted by molar-refractivity contribution is -0.134. The van der Waals surface area contributed by atoms with Crippen molar-refractivity contribution in [2.45, 2.75) is 18.2 Å². The Bertz CT molecular complexity index is 1110. The average molecular weight is 506 g/mol. The number of carbonyl (C=O) groups excluding carboxylic acids is 2. The third-order valence-corrected chi connectivity index (χ3v) is 8.18. The Morgan fingerprint density at radius 3 is 2.35 bits per heavy atom. The zero-order valence-electron chi connectivity index (χ0n) is 17.1. The summed E-state index contributed by atoms with van der Waals surface area (Å²) in [4.78, 5) is 26.9. The highest BCUT2D eigenvalue weighted by molar-refractivity contribution is 9.10. The summed E-state index contributed by atoms with van der Waals surface area (Å²) >= 11 is 3.36. The van der Waals surface area contributed by atoms with Crippen molar-refractivity contribution in [1.82, 2.24) is 9.21 Å². The van der Waals surface area contributed by atoms with E-state index in [1.54, 1.807) is 35.2 Å². The zero-order chi connectivity index (χ0) is 22.2. The molecule has 0 bridgehead atoms. The number of halogens is 1. The van der Waals surface area contributed by atoms with E-state index in [0.717, 1.165) is 10.9 Å². The third kappa shape index (κ3) is 4.83. The maximum atomic E-state index is 13.1. The summed E-state index contributed by atoms with van der Waals surface area (Å²) in [5.41, 5.74) is 0.871. The Hall–Kier alpha value is -2.23. The summed E-state index contributed by atoms with van der Waals surface area (Å²) in [5, 5.41) is 2.77. The van der Waals surface area contributed by atoms with Crippen LogP contribution in [-0.4, -0.2) is 55.6 Å². The van der Waals surface area contributed by atoms with Crippen LogP contribution in [0.2, 0.25) is 0 Å². The van der Waals surface area contributed by atoms with Gasteiger partial charge in [0.2, 0.25) is 15.9 Å². The molecule has 2 aromatic rings. The van der Waals surface area contributed by atoms with Crippen LogP contribution in [-0.2, 0) is 14.8 Å². The molecule has 1 N–H and O–H groups in total. The highest BCUT2D eigenvalue weighted by atomic mass is 79.9. The van der Waals surface area contributed by atoms with Crippen LogP contribution in [0.3, 0.4) is 0 Å². The molecule has 164 valence electrons. The van der Waals surface area contributed by atoms with Crippen LogP contribution in [0.1, 0.15) is 23.7 Å². The summed E-state index contributed by atoms with van der Waals surface area (Å²) in [6.45, 7) is 3.35. The molecule has 1 aliphatic heterocycles. The van der Waals surface area contributed by atoms with Crippen molar-refractivity contribution in [1.29, 1.82) is 0 Å². The number of hydrogen-bond donors (Lipinski definition) is 1. The summed E-state index contributed by atoms with van der Waals surface area (Å²) < 4.78 is 28.5. The van der Waals surface area contributed by atoms with Crippen molar-refractivity contribution < 1.29 is 18.0 Å². The summed E-state index contributed by atoms with van der Waals surface area (Å²) in [6, 6.07) is 13.2. The van der Waals surface area contributed by atoms with Gasteiger partial charge in [-0.25, -0.2) is 8.42 Å². The summed E-state index contributed by atoms with van der Waals surface area (Å²) in [5.74, 6) is 0.281. The summed E-state index contributed by atoms with van der Waals surface area (Å²) in [6.07, 6.45) is 0.923. The SMILES string of the molecule is CC1CC1C(=O)N1CCN(S(=O)(=O)c2cccc(C(=O)Nc3cccc(Br)c3)c2)CC1. The first kappa shape index (κ1) is 22.0. The van der Waals surface area contributed by atoms with E-state index in [-0.39, 0.29) is 41.3 Å². The minimum Gasteiger partial charge on any atom is -0.340 e. The molecule has 1 heterocycles. The summed E-state index contributed by atoms with van der Waals surface area (Å²) in [7, 11) is -3.75. The fourth-order valence-corrected chi connectivity index (χ4v) is 5.63. The molecule has 0 spiro atoms. The van der Waals surface area contributed by atoms with E-state index >= 15 is 0 Å². The van der Waals surface area contributed by atoms with Gasteiger partial charge in [0.15, 0.2) is 0 Å². The Morgan fingerprint density at radius 2 is 1.71 bits per heavy atom. The standard InChI is InChI=1S/C22H24BrN3O4S/c1-15-12-20(15)22(28)25-8-10-26(11-9-25)31(29,30)19-7-2-4-16(13-19)21(27)24-18-6-3-5-17(23)14-18/h2-7,13-15,20H,8-12H2,1H3,(H,24,27). The van der Waals surface area contributed by atoms with Gasteiger partial charge in [0.1, 0.15) is 0 Å². The van der Waals surface area contributed by atoms with Crippen molar-refractivity contribution >= 4 is 43.5 Å². The van der Waals surface area contributed by atoms with Gasteiger partial charge in [0, 0.05) is 47.8 Å². The van der Waals surface area contributed by atoms with Crippen molar-refractivity contribution in [3.63, 3.8) is 0 Å². The number of carbonyl (C=O) groups is 2. The van der Waals surface area contributed by atoms with Gasteiger partial charge in [-0.1, -0.05) is 35.0 Å². The molecule has 31 heavy (non-hydrogen) atoms. The molecule has 0 aromatic heterocycles. The lowest BCUT2D eigenvalue weighted by atomic mass is 10.2. The van der Waals surface area contributed by atoms with Crippen LogP contribution in [0.15, 0.2) is 57.9 Å². The number of rotatable bonds is 5. The molecule has 2 unspecified atom stereocenters. The molecule has 2 aromatic carbocycles. The van der Waals surface area contributed by atoms with Gasteiger partial charge < -0.3 is 10.2 Å². The lowest BCUT2D eigenvalue weighted by Crippen LogP contribution is -2.51. The first-order valence-electron chi connectivity index (χ1n) is 10.2. The number of sulfonamides is 1. The third-order valence-electron chi connectivity index (χ3n) is 5.79. The van der Waals surface area contributed by atoms with Crippen LogP contribution >= 0.6 is 15.9 Å². The molecule has 2 amide bonds. The molecule has 0 radical (unpaired) electrons. The Balaban J connectivity index is 1.44. The van der Waals surface area contributed by atoms with Crippen LogP contribution < -0.4 is 5.32 Å². The smallest absolute Gasteiger partial charge is 0.255 e. The zero-order valence-corrected chi connectivity index (χ0v) is 19.5. The Morgan fingerprint density at radius 1 is 1.03 bits per heavy atom. The molecular formula is C22H24BrN3O4S. The second-order valence-corrected chi connectivity index (χ2v) is 10.9. The predicted octanol–water partition coefficient (Wildman–Crippen LogP) is 3.19. The number of benzene rings is 2. The van der Waals surface area contributed by atoms with Crippen LogP contribution in [0, 0.1) is 11.8 Å². The quantitative estimate of drug-likeness (QED) is 0.675. The topological polar surface area (TPSA) is 86.8 Å². The van der Waals surface area contributed by atoms with Gasteiger partial charge in [-0.2, -0.15) is 4.31 Å². The maximum absolute atomic E-state index is 13.1. The molecule has 1 saturated carbocycles. The average Bonchev–Trinajstić information content (AvgIpc) is 3.50. The van der Waals surface area contributed by atoms with Crippen LogP contribution in [0.5, 0.6) is 0 Å². The maximum Gasteiger partial charge on any atom is 0.255 e. The minimum absolute atomic E-state index is 0.0741. The number of amides is 2. The van der Waals surface area contributed by atoms with Crippen LogP contribution in [0.25, 0.3) is 0 Å². The lowest BCUT2D eigenvalue weighted by Gasteiger charge is -2.34. The molecule has 2 fully saturated rings. The highest BCUT2D eigenvalue weighted by Crippen LogP contribution is 2.39. The molecule has 7 nitrogen and oxygen atoms in total. The molecule has 1 aliphatic carbocycles. The fourth-order valence-electron chi connectivity index (χ4n) is 3.77. The van der Waals surface area contributed by atoms with Crippen molar-refractivity contribution in [3.8, 4) is 0 Å². The molecule has 9 heteroatoms. The van der Waals surface area contributed by atoms with Gasteiger partial charge in [-0.05, 0) is 48.7 Å². The van der Waals surface area contributed by atoms with Gasteiger partial charge in [0.05, 0.1) is 4.90 Å². The van der Waals surface area contributed by atoms with E-state index in [2.05, 4.69) is 28.2 Å². The largest absolute Gasteiger partial charge is 0.340 e. The van der Waals surface area contributed by atoms with Gasteiger partial charge in [-0.15, -0.1) is 0 Å². The second kappa shape index (κ2) is 8.72. The molecule has 1 saturated heterocycles. The van der Waals surface area contributed by atoms with Crippen molar-refractivity contribution in [2.75, 3.05) is 31.5 Å². The first-order valence-corrected chi connectivity index (χ1v) is 12.4. The molecular weight excluding hydrogens is 482 g/mol. The highest BCUT2D eigenvalue weighted by Gasteiger charge is 2.42. The number of anilines is 1. The number of piperazine rings is 1. The van der Waals surface area contributed by atoms with Crippen molar-refractivity contribution in [2.24, 2.45) is 11.8 Å². The van der Waals surface area contributed by atoms with E-state index in [0.29, 0.717) is 24.7 Å². The van der Waals surface area contributed by atoms with E-state index in [1.165, 1.54) is 16.4 Å². The number of nitrogens with zero attached hydrogens (tertiary/aromatic N) is 2. The van der Waals surface area contributed by atoms with Gasteiger partial charge >= 0.3 is 0 Å². The number of hydrogen-bond acceptors (Lipinski definition) is 4. The van der Waals surface area contributed by atoms with E-state index in [1.807, 2.05) is 6.07 Å². The van der Waals surface area contributed by atoms with Crippen molar-refractivity contribution in [3.05, 3.63) is 58.6 Å². The monoisotopic (exact) mass is 505 g/mol. The fraction of sp³-hybridized carbons (Fsp3) is 0.364. The Labute approximate surface area is 190 Å². The second-order valence-electron chi connectivity index (χ2n) is 8.04. The first-order chi connectivity index (χ1) is 14.8. The predicted molar refractivity (Wildman–Crippen MR) is 121 cm³/mol. The minimum atomic E-state index is -3.75. The van der Waals surface area contributed by atoms with Gasteiger partial charge in [-0.3, -0.25) is 9.59 Å². The normalized spacial score (nSPS) is 21.5. The molecule has 2 aliphatic rings. The van der Waals surface area contributed by atoms with E-state index in [4.69, 9.17) is 0 Å². The molecule has 4 rings (SSSR count). The Kier molecular flexibility index (Phi) is 6.18. The van der Waals surface area contributed by atoms with Crippen LogP contribution in [0.4, 0.5) is 5.69 Å². The van der Waals surface area contributed by atoms with Gasteiger partial charge in [0.25, 0.3) is 5.91 Å². The molecule has 2 atom stereocenters. The van der Waals surface area contributed by atoms with E-state index < -0.39 is 10.0 Å².